The Kier molecular flexibility index (Phi) is 3.88. The summed E-state index contributed by atoms with van der Waals surface area (Å²) in [4.78, 5) is 2.32. The van der Waals surface area contributed by atoms with Gasteiger partial charge in [-0.05, 0) is 43.4 Å². The number of anilines is 1. The predicted octanol–water partition coefficient (Wildman–Crippen LogP) is 2.43. The Morgan fingerprint density at radius 2 is 2.28 bits per heavy atom. The Balaban J connectivity index is 2.33. The lowest BCUT2D eigenvalue weighted by Gasteiger charge is -2.40. The van der Waals surface area contributed by atoms with Crippen LogP contribution in [0.2, 0.25) is 0 Å². The van der Waals surface area contributed by atoms with E-state index in [-0.39, 0.29) is 0 Å². The van der Waals surface area contributed by atoms with Crippen LogP contribution in [0.3, 0.4) is 0 Å². The molecule has 1 heterocycles. The van der Waals surface area contributed by atoms with Gasteiger partial charge in [0.2, 0.25) is 0 Å². The maximum atomic E-state index is 9.28. The average Bonchev–Trinajstić information content (AvgIpc) is 2.38. The molecule has 0 saturated carbocycles. The van der Waals surface area contributed by atoms with Crippen LogP contribution in [0.5, 0.6) is 0 Å². The van der Waals surface area contributed by atoms with Crippen LogP contribution in [0, 0.1) is 24.2 Å². The zero-order valence-electron chi connectivity index (χ0n) is 11.2. The molecule has 2 unspecified atom stereocenters. The van der Waals surface area contributed by atoms with Crippen LogP contribution in [0.4, 0.5) is 5.69 Å². The van der Waals surface area contributed by atoms with Crippen molar-refractivity contribution in [2.24, 2.45) is 11.7 Å². The van der Waals surface area contributed by atoms with Crippen LogP contribution in [-0.2, 0) is 0 Å². The van der Waals surface area contributed by atoms with E-state index in [1.165, 1.54) is 6.42 Å². The molecule has 1 saturated heterocycles. The summed E-state index contributed by atoms with van der Waals surface area (Å²) in [5.41, 5.74) is 8.83. The van der Waals surface area contributed by atoms with Crippen molar-refractivity contribution in [1.82, 2.24) is 0 Å². The highest BCUT2D eigenvalue weighted by molar-refractivity contribution is 5.61. The van der Waals surface area contributed by atoms with Crippen LogP contribution >= 0.6 is 0 Å². The molecule has 1 fully saturated rings. The fraction of sp³-hybridized carbons (Fsp3) is 0.533. The number of hydrogen-bond acceptors (Lipinski definition) is 3. The predicted molar refractivity (Wildman–Crippen MR) is 74.5 cm³/mol. The number of hydrogen-bond donors (Lipinski definition) is 1. The van der Waals surface area contributed by atoms with Crippen molar-refractivity contribution in [3.8, 4) is 6.07 Å². The van der Waals surface area contributed by atoms with E-state index < -0.39 is 0 Å². The van der Waals surface area contributed by atoms with Gasteiger partial charge in [0, 0.05) is 19.1 Å². The van der Waals surface area contributed by atoms with Crippen molar-refractivity contribution < 1.29 is 0 Å². The van der Waals surface area contributed by atoms with Gasteiger partial charge in [-0.25, -0.2) is 0 Å². The first-order chi connectivity index (χ1) is 8.65. The molecular formula is C15H21N3. The highest BCUT2D eigenvalue weighted by atomic mass is 15.2. The largest absolute Gasteiger partial charge is 0.366 e. The quantitative estimate of drug-likeness (QED) is 0.868. The third-order valence-corrected chi connectivity index (χ3v) is 3.83. The second-order valence-corrected chi connectivity index (χ2v) is 5.34. The number of nitrogens with zero attached hydrogens (tertiary/aromatic N) is 2. The summed E-state index contributed by atoms with van der Waals surface area (Å²) in [7, 11) is 0. The van der Waals surface area contributed by atoms with Gasteiger partial charge in [0.25, 0.3) is 0 Å². The van der Waals surface area contributed by atoms with Crippen LogP contribution in [-0.4, -0.2) is 19.1 Å². The molecule has 0 aliphatic carbocycles. The van der Waals surface area contributed by atoms with Crippen LogP contribution in [0.15, 0.2) is 18.2 Å². The highest BCUT2D eigenvalue weighted by Gasteiger charge is 2.26. The smallest absolute Gasteiger partial charge is 0.101 e. The zero-order chi connectivity index (χ0) is 13.1. The molecule has 0 radical (unpaired) electrons. The number of rotatable bonds is 2. The molecule has 3 nitrogen and oxygen atoms in total. The number of piperidine rings is 1. The van der Waals surface area contributed by atoms with Crippen molar-refractivity contribution in [2.75, 3.05) is 18.0 Å². The summed E-state index contributed by atoms with van der Waals surface area (Å²) < 4.78 is 0. The Bertz CT molecular complexity index is 461. The lowest BCUT2D eigenvalue weighted by molar-refractivity contribution is 0.366. The monoisotopic (exact) mass is 243 g/mol. The molecule has 0 amide bonds. The molecule has 2 N–H and O–H groups in total. The Morgan fingerprint density at radius 1 is 1.50 bits per heavy atom. The van der Waals surface area contributed by atoms with Crippen LogP contribution < -0.4 is 10.6 Å². The van der Waals surface area contributed by atoms with E-state index in [0.717, 1.165) is 35.7 Å². The van der Waals surface area contributed by atoms with Crippen LogP contribution in [0.25, 0.3) is 0 Å². The number of benzene rings is 1. The van der Waals surface area contributed by atoms with Gasteiger partial charge in [0.1, 0.15) is 6.07 Å². The van der Waals surface area contributed by atoms with E-state index in [2.05, 4.69) is 30.0 Å². The van der Waals surface area contributed by atoms with Gasteiger partial charge >= 0.3 is 0 Å². The minimum absolute atomic E-state index is 0.364. The fourth-order valence-corrected chi connectivity index (χ4v) is 2.78. The molecule has 1 aliphatic rings. The van der Waals surface area contributed by atoms with Crippen molar-refractivity contribution in [2.45, 2.75) is 32.7 Å². The number of aryl methyl sites for hydroxylation is 1. The molecule has 3 heteroatoms. The summed E-state index contributed by atoms with van der Waals surface area (Å²) in [6, 6.07) is 8.76. The van der Waals surface area contributed by atoms with E-state index in [0.29, 0.717) is 12.6 Å². The second-order valence-electron chi connectivity index (χ2n) is 5.34. The average molecular weight is 243 g/mol. The normalized spacial score (nSPS) is 23.8. The van der Waals surface area contributed by atoms with Crippen molar-refractivity contribution >= 4 is 5.69 Å². The third kappa shape index (κ3) is 2.49. The van der Waals surface area contributed by atoms with Gasteiger partial charge in [0.05, 0.1) is 11.3 Å². The second kappa shape index (κ2) is 5.41. The van der Waals surface area contributed by atoms with Crippen molar-refractivity contribution in [1.29, 1.82) is 5.26 Å². The standard InChI is InChI=1S/C15H21N3/c1-11-3-4-15(13(7-11)9-16)18-6-5-12(2)8-14(18)10-17/h3-4,7,12,14H,5-6,8,10,17H2,1-2H3. The summed E-state index contributed by atoms with van der Waals surface area (Å²) in [6.07, 6.45) is 2.30. The molecule has 1 aliphatic heterocycles. The summed E-state index contributed by atoms with van der Waals surface area (Å²) in [6.45, 7) is 5.95. The minimum atomic E-state index is 0.364. The fourth-order valence-electron chi connectivity index (χ4n) is 2.78. The highest BCUT2D eigenvalue weighted by Crippen LogP contribution is 2.30. The topological polar surface area (TPSA) is 53.0 Å². The molecule has 1 aromatic rings. The van der Waals surface area contributed by atoms with Crippen molar-refractivity contribution in [3.63, 3.8) is 0 Å². The molecule has 2 rings (SSSR count). The number of nitrogens with two attached hydrogens (primary N) is 1. The van der Waals surface area contributed by atoms with Gasteiger partial charge in [-0.15, -0.1) is 0 Å². The van der Waals surface area contributed by atoms with E-state index in [9.17, 15) is 5.26 Å². The van der Waals surface area contributed by atoms with Gasteiger partial charge < -0.3 is 10.6 Å². The molecule has 0 spiro atoms. The van der Waals surface area contributed by atoms with E-state index in [1.54, 1.807) is 0 Å². The molecule has 18 heavy (non-hydrogen) atoms. The Labute approximate surface area is 109 Å². The van der Waals surface area contributed by atoms with Gasteiger partial charge in [-0.3, -0.25) is 0 Å². The molecule has 0 aromatic heterocycles. The molecule has 1 aromatic carbocycles. The van der Waals surface area contributed by atoms with Gasteiger partial charge in [0.15, 0.2) is 0 Å². The summed E-state index contributed by atoms with van der Waals surface area (Å²) >= 11 is 0. The maximum Gasteiger partial charge on any atom is 0.101 e. The lowest BCUT2D eigenvalue weighted by Crippen LogP contribution is -2.46. The summed E-state index contributed by atoms with van der Waals surface area (Å²) in [5.74, 6) is 0.728. The van der Waals surface area contributed by atoms with E-state index >= 15 is 0 Å². The molecule has 2 atom stereocenters. The van der Waals surface area contributed by atoms with Gasteiger partial charge in [-0.1, -0.05) is 13.0 Å². The lowest BCUT2D eigenvalue weighted by atomic mass is 9.91. The first-order valence-corrected chi connectivity index (χ1v) is 6.63. The molecule has 96 valence electrons. The molecular weight excluding hydrogens is 222 g/mol. The van der Waals surface area contributed by atoms with E-state index in [1.807, 2.05) is 13.0 Å². The minimum Gasteiger partial charge on any atom is -0.366 e. The first kappa shape index (κ1) is 12.9. The van der Waals surface area contributed by atoms with Crippen molar-refractivity contribution in [3.05, 3.63) is 29.3 Å². The van der Waals surface area contributed by atoms with Gasteiger partial charge in [-0.2, -0.15) is 5.26 Å². The van der Waals surface area contributed by atoms with E-state index in [4.69, 9.17) is 5.73 Å². The Morgan fingerprint density at radius 3 is 2.94 bits per heavy atom. The first-order valence-electron chi connectivity index (χ1n) is 6.63. The van der Waals surface area contributed by atoms with Crippen LogP contribution in [0.1, 0.15) is 30.9 Å². The SMILES string of the molecule is Cc1ccc(N2CCC(C)CC2CN)c(C#N)c1. The zero-order valence-corrected chi connectivity index (χ0v) is 11.2. The summed E-state index contributed by atoms with van der Waals surface area (Å²) in [5, 5.41) is 9.28. The molecule has 0 bridgehead atoms. The number of nitriles is 1. The Hall–Kier alpha value is -1.53. The maximum absolute atomic E-state index is 9.28. The third-order valence-electron chi connectivity index (χ3n) is 3.83.